The average molecular weight is 226 g/mol. The van der Waals surface area contributed by atoms with Crippen LogP contribution in [0.5, 0.6) is 0 Å². The molecule has 84 valence electrons. The number of thiazole rings is 1. The van der Waals surface area contributed by atoms with E-state index in [0.717, 1.165) is 38.2 Å². The standard InChI is InChI=1S/C11H18N2OS/c1-8-7-15-11(13-8)6-10(12)9-2-4-14-5-3-9/h7,9-10H,2-6,12H2,1H3. The summed E-state index contributed by atoms with van der Waals surface area (Å²) in [5.74, 6) is 0.614. The van der Waals surface area contributed by atoms with Crippen molar-refractivity contribution in [2.24, 2.45) is 11.7 Å². The second-order valence-electron chi connectivity index (χ2n) is 4.20. The Bertz CT molecular complexity index is 307. The number of hydrogen-bond donors (Lipinski definition) is 1. The molecule has 0 radical (unpaired) electrons. The summed E-state index contributed by atoms with van der Waals surface area (Å²) in [5.41, 5.74) is 7.31. The fourth-order valence-electron chi connectivity index (χ4n) is 2.01. The van der Waals surface area contributed by atoms with Gasteiger partial charge in [-0.3, -0.25) is 0 Å². The predicted molar refractivity (Wildman–Crippen MR) is 62.1 cm³/mol. The molecule has 0 aliphatic carbocycles. The van der Waals surface area contributed by atoms with E-state index in [2.05, 4.69) is 10.4 Å². The highest BCUT2D eigenvalue weighted by Gasteiger charge is 2.21. The molecule has 2 rings (SSSR count). The van der Waals surface area contributed by atoms with Crippen molar-refractivity contribution in [1.82, 2.24) is 4.98 Å². The molecule has 2 heterocycles. The van der Waals surface area contributed by atoms with E-state index in [9.17, 15) is 0 Å². The van der Waals surface area contributed by atoms with Gasteiger partial charge in [0, 0.05) is 36.8 Å². The minimum atomic E-state index is 0.249. The summed E-state index contributed by atoms with van der Waals surface area (Å²) in [6.45, 7) is 3.77. The molecule has 3 nitrogen and oxygen atoms in total. The van der Waals surface area contributed by atoms with Crippen LogP contribution >= 0.6 is 11.3 Å². The maximum Gasteiger partial charge on any atom is 0.0943 e. The van der Waals surface area contributed by atoms with Crippen LogP contribution in [0.15, 0.2) is 5.38 Å². The molecule has 1 atom stereocenters. The van der Waals surface area contributed by atoms with Crippen LogP contribution in [0, 0.1) is 12.8 Å². The fourth-order valence-corrected chi connectivity index (χ4v) is 2.85. The van der Waals surface area contributed by atoms with Gasteiger partial charge in [0.1, 0.15) is 0 Å². The maximum atomic E-state index is 6.20. The van der Waals surface area contributed by atoms with Gasteiger partial charge in [-0.25, -0.2) is 4.98 Å². The summed E-state index contributed by atoms with van der Waals surface area (Å²) < 4.78 is 5.34. The van der Waals surface area contributed by atoms with Crippen LogP contribution in [0.1, 0.15) is 23.5 Å². The highest BCUT2D eigenvalue weighted by molar-refractivity contribution is 7.09. The molecule has 0 bridgehead atoms. The van der Waals surface area contributed by atoms with Crippen molar-refractivity contribution in [3.8, 4) is 0 Å². The molecule has 1 aromatic heterocycles. The van der Waals surface area contributed by atoms with E-state index in [0.29, 0.717) is 5.92 Å². The number of nitrogens with two attached hydrogens (primary N) is 1. The number of rotatable bonds is 3. The lowest BCUT2D eigenvalue weighted by Crippen LogP contribution is -2.35. The quantitative estimate of drug-likeness (QED) is 0.854. The second-order valence-corrected chi connectivity index (χ2v) is 5.14. The van der Waals surface area contributed by atoms with Crippen LogP contribution in [0.4, 0.5) is 0 Å². The van der Waals surface area contributed by atoms with Gasteiger partial charge in [-0.05, 0) is 25.7 Å². The molecule has 15 heavy (non-hydrogen) atoms. The Morgan fingerprint density at radius 3 is 2.93 bits per heavy atom. The van der Waals surface area contributed by atoms with Crippen molar-refractivity contribution in [3.05, 3.63) is 16.1 Å². The molecule has 1 aliphatic heterocycles. The maximum absolute atomic E-state index is 6.20. The minimum Gasteiger partial charge on any atom is -0.381 e. The normalized spacial score (nSPS) is 20.4. The molecule has 4 heteroatoms. The minimum absolute atomic E-state index is 0.249. The van der Waals surface area contributed by atoms with E-state index >= 15 is 0 Å². The van der Waals surface area contributed by atoms with Crippen molar-refractivity contribution < 1.29 is 4.74 Å². The molecule has 1 aliphatic rings. The molecular weight excluding hydrogens is 208 g/mol. The summed E-state index contributed by atoms with van der Waals surface area (Å²) >= 11 is 1.72. The Labute approximate surface area is 94.7 Å². The van der Waals surface area contributed by atoms with Crippen molar-refractivity contribution in [3.63, 3.8) is 0 Å². The van der Waals surface area contributed by atoms with Gasteiger partial charge < -0.3 is 10.5 Å². The highest BCUT2D eigenvalue weighted by Crippen LogP contribution is 2.21. The highest BCUT2D eigenvalue weighted by atomic mass is 32.1. The van der Waals surface area contributed by atoms with E-state index in [-0.39, 0.29) is 6.04 Å². The van der Waals surface area contributed by atoms with Crippen molar-refractivity contribution in [2.45, 2.75) is 32.2 Å². The number of nitrogens with zero attached hydrogens (tertiary/aromatic N) is 1. The molecule has 1 aromatic rings. The van der Waals surface area contributed by atoms with Crippen molar-refractivity contribution in [1.29, 1.82) is 0 Å². The van der Waals surface area contributed by atoms with E-state index in [1.54, 1.807) is 11.3 Å². The van der Waals surface area contributed by atoms with Crippen LogP contribution in [0.2, 0.25) is 0 Å². The lowest BCUT2D eigenvalue weighted by atomic mass is 9.90. The zero-order valence-electron chi connectivity index (χ0n) is 9.11. The third-order valence-corrected chi connectivity index (χ3v) is 3.94. The molecular formula is C11H18N2OS. The molecule has 1 unspecified atom stereocenters. The lowest BCUT2D eigenvalue weighted by molar-refractivity contribution is 0.0585. The van der Waals surface area contributed by atoms with Gasteiger partial charge in [0.25, 0.3) is 0 Å². The van der Waals surface area contributed by atoms with Gasteiger partial charge in [-0.15, -0.1) is 11.3 Å². The number of ether oxygens (including phenoxy) is 1. The first-order valence-corrected chi connectivity index (χ1v) is 6.38. The molecule has 1 saturated heterocycles. The Morgan fingerprint density at radius 1 is 1.60 bits per heavy atom. The van der Waals surface area contributed by atoms with Crippen molar-refractivity contribution >= 4 is 11.3 Å². The first-order valence-electron chi connectivity index (χ1n) is 5.50. The smallest absolute Gasteiger partial charge is 0.0943 e. The van der Waals surface area contributed by atoms with Crippen LogP contribution in [0.3, 0.4) is 0 Å². The van der Waals surface area contributed by atoms with Gasteiger partial charge >= 0.3 is 0 Å². The molecule has 0 spiro atoms. The summed E-state index contributed by atoms with van der Waals surface area (Å²) in [4.78, 5) is 4.45. The van der Waals surface area contributed by atoms with Gasteiger partial charge in [0.05, 0.1) is 5.01 Å². The van der Waals surface area contributed by atoms with E-state index in [1.807, 2.05) is 6.92 Å². The Hall–Kier alpha value is -0.450. The summed E-state index contributed by atoms with van der Waals surface area (Å²) in [7, 11) is 0. The van der Waals surface area contributed by atoms with E-state index in [1.165, 1.54) is 5.01 Å². The first-order chi connectivity index (χ1) is 7.25. The fraction of sp³-hybridized carbons (Fsp3) is 0.727. The monoisotopic (exact) mass is 226 g/mol. The summed E-state index contributed by atoms with van der Waals surface area (Å²) in [5, 5.41) is 3.26. The van der Waals surface area contributed by atoms with Crippen LogP contribution < -0.4 is 5.73 Å². The lowest BCUT2D eigenvalue weighted by Gasteiger charge is -2.27. The summed E-state index contributed by atoms with van der Waals surface area (Å²) in [6, 6.07) is 0.249. The third-order valence-electron chi connectivity index (χ3n) is 2.95. The Balaban J connectivity index is 1.88. The molecule has 2 N–H and O–H groups in total. The summed E-state index contributed by atoms with van der Waals surface area (Å²) in [6.07, 6.45) is 3.13. The van der Waals surface area contributed by atoms with Crippen molar-refractivity contribution in [2.75, 3.05) is 13.2 Å². The van der Waals surface area contributed by atoms with Gasteiger partial charge in [-0.2, -0.15) is 0 Å². The van der Waals surface area contributed by atoms with Gasteiger partial charge in [-0.1, -0.05) is 0 Å². The van der Waals surface area contributed by atoms with Crippen LogP contribution in [0.25, 0.3) is 0 Å². The van der Waals surface area contributed by atoms with Gasteiger partial charge in [0.15, 0.2) is 0 Å². The number of hydrogen-bond acceptors (Lipinski definition) is 4. The topological polar surface area (TPSA) is 48.1 Å². The first kappa shape index (κ1) is 11.0. The zero-order chi connectivity index (χ0) is 10.7. The number of aryl methyl sites for hydroxylation is 1. The molecule has 0 aromatic carbocycles. The predicted octanol–water partition coefficient (Wildman–Crippen LogP) is 1.75. The Kier molecular flexibility index (Phi) is 3.72. The molecule has 1 fully saturated rings. The van der Waals surface area contributed by atoms with E-state index in [4.69, 9.17) is 10.5 Å². The second kappa shape index (κ2) is 5.05. The third kappa shape index (κ3) is 3.00. The average Bonchev–Trinajstić information content (AvgIpc) is 2.65. The zero-order valence-corrected chi connectivity index (χ0v) is 9.93. The van der Waals surface area contributed by atoms with Crippen LogP contribution in [-0.4, -0.2) is 24.2 Å². The van der Waals surface area contributed by atoms with Crippen LogP contribution in [-0.2, 0) is 11.2 Å². The number of aromatic nitrogens is 1. The Morgan fingerprint density at radius 2 is 2.33 bits per heavy atom. The molecule has 0 saturated carbocycles. The van der Waals surface area contributed by atoms with E-state index < -0.39 is 0 Å². The van der Waals surface area contributed by atoms with Gasteiger partial charge in [0.2, 0.25) is 0 Å². The SMILES string of the molecule is Cc1csc(CC(N)C2CCOCC2)n1. The molecule has 0 amide bonds. The largest absolute Gasteiger partial charge is 0.381 e.